The van der Waals surface area contributed by atoms with Crippen LogP contribution in [0.25, 0.3) is 0 Å². The van der Waals surface area contributed by atoms with E-state index in [1.165, 1.54) is 18.4 Å². The predicted octanol–water partition coefficient (Wildman–Crippen LogP) is 1.80. The van der Waals surface area contributed by atoms with E-state index in [1.807, 2.05) is 12.1 Å². The first kappa shape index (κ1) is 13.1. The Hall–Kier alpha value is -1.35. The van der Waals surface area contributed by atoms with E-state index in [0.717, 1.165) is 25.1 Å². The van der Waals surface area contributed by atoms with E-state index in [1.54, 1.807) is 0 Å². The summed E-state index contributed by atoms with van der Waals surface area (Å²) in [5.74, 6) is 0.134. The maximum Gasteiger partial charge on any atom is 0.224 e. The van der Waals surface area contributed by atoms with Crippen molar-refractivity contribution in [3.8, 4) is 0 Å². The Kier molecular flexibility index (Phi) is 4.76. The molecule has 0 saturated carbocycles. The third-order valence-electron chi connectivity index (χ3n) is 3.36. The van der Waals surface area contributed by atoms with Gasteiger partial charge in [0.15, 0.2) is 0 Å². The highest BCUT2D eigenvalue weighted by molar-refractivity contribution is 5.78. The quantitative estimate of drug-likeness (QED) is 0.854. The van der Waals surface area contributed by atoms with Crippen molar-refractivity contribution in [2.75, 3.05) is 13.1 Å². The van der Waals surface area contributed by atoms with E-state index < -0.39 is 0 Å². The normalized spacial score (nSPS) is 20.2. The Morgan fingerprint density at radius 1 is 1.44 bits per heavy atom. The van der Waals surface area contributed by atoms with Gasteiger partial charge in [0.25, 0.3) is 0 Å². The Morgan fingerprint density at radius 2 is 2.33 bits per heavy atom. The summed E-state index contributed by atoms with van der Waals surface area (Å²) in [6, 6.07) is 8.44. The maximum absolute atomic E-state index is 12.0. The van der Waals surface area contributed by atoms with Crippen molar-refractivity contribution in [2.24, 2.45) is 0 Å². The second kappa shape index (κ2) is 6.55. The van der Waals surface area contributed by atoms with Gasteiger partial charge in [-0.25, -0.2) is 0 Å². The Morgan fingerprint density at radius 3 is 3.17 bits per heavy atom. The Balaban J connectivity index is 1.84. The fourth-order valence-corrected chi connectivity index (χ4v) is 2.43. The first-order valence-corrected chi connectivity index (χ1v) is 6.79. The number of aryl methyl sites for hydroxylation is 1. The lowest BCUT2D eigenvalue weighted by molar-refractivity contribution is -0.121. The fourth-order valence-electron chi connectivity index (χ4n) is 2.43. The molecule has 0 aliphatic carbocycles. The molecular weight excluding hydrogens is 224 g/mol. The van der Waals surface area contributed by atoms with Crippen molar-refractivity contribution >= 4 is 5.91 Å². The van der Waals surface area contributed by atoms with Crippen molar-refractivity contribution < 1.29 is 4.79 Å². The van der Waals surface area contributed by atoms with Crippen LogP contribution < -0.4 is 10.6 Å². The van der Waals surface area contributed by atoms with E-state index in [-0.39, 0.29) is 5.91 Å². The molecule has 1 aliphatic rings. The van der Waals surface area contributed by atoms with Crippen LogP contribution in [0.2, 0.25) is 0 Å². The first-order valence-electron chi connectivity index (χ1n) is 6.79. The molecule has 0 radical (unpaired) electrons. The SMILES string of the molecule is Cc1cccc(CC(=O)NC2CCCCNC2)c1. The van der Waals surface area contributed by atoms with Crippen molar-refractivity contribution in [1.82, 2.24) is 10.6 Å². The number of nitrogens with one attached hydrogen (secondary N) is 2. The molecule has 1 saturated heterocycles. The van der Waals surface area contributed by atoms with Crippen LogP contribution in [0.1, 0.15) is 30.4 Å². The van der Waals surface area contributed by atoms with Crippen LogP contribution in [-0.2, 0) is 11.2 Å². The lowest BCUT2D eigenvalue weighted by Gasteiger charge is -2.16. The van der Waals surface area contributed by atoms with E-state index in [2.05, 4.69) is 29.7 Å². The van der Waals surface area contributed by atoms with Gasteiger partial charge in [-0.3, -0.25) is 4.79 Å². The monoisotopic (exact) mass is 246 g/mol. The molecule has 1 heterocycles. The molecule has 98 valence electrons. The van der Waals surface area contributed by atoms with Gasteiger partial charge in [0, 0.05) is 12.6 Å². The van der Waals surface area contributed by atoms with Crippen LogP contribution in [-0.4, -0.2) is 25.0 Å². The van der Waals surface area contributed by atoms with E-state index in [9.17, 15) is 4.79 Å². The molecule has 0 aromatic heterocycles. The summed E-state index contributed by atoms with van der Waals surface area (Å²) in [6.07, 6.45) is 3.98. The summed E-state index contributed by atoms with van der Waals surface area (Å²) in [4.78, 5) is 12.0. The van der Waals surface area contributed by atoms with Gasteiger partial charge in [-0.2, -0.15) is 0 Å². The van der Waals surface area contributed by atoms with Gasteiger partial charge in [0.2, 0.25) is 5.91 Å². The molecule has 0 bridgehead atoms. The average Bonchev–Trinajstić information content (AvgIpc) is 2.57. The number of carbonyl (C=O) groups is 1. The van der Waals surface area contributed by atoms with Gasteiger partial charge in [-0.15, -0.1) is 0 Å². The smallest absolute Gasteiger partial charge is 0.224 e. The predicted molar refractivity (Wildman–Crippen MR) is 73.5 cm³/mol. The lowest BCUT2D eigenvalue weighted by Crippen LogP contribution is -2.41. The first-order chi connectivity index (χ1) is 8.74. The third kappa shape index (κ3) is 4.15. The molecule has 1 aromatic rings. The molecule has 1 aliphatic heterocycles. The molecule has 2 N–H and O–H groups in total. The van der Waals surface area contributed by atoms with E-state index in [0.29, 0.717) is 12.5 Å². The van der Waals surface area contributed by atoms with Crippen LogP contribution >= 0.6 is 0 Å². The van der Waals surface area contributed by atoms with Crippen molar-refractivity contribution in [2.45, 2.75) is 38.6 Å². The summed E-state index contributed by atoms with van der Waals surface area (Å²) >= 11 is 0. The maximum atomic E-state index is 12.0. The number of hydrogen-bond donors (Lipinski definition) is 2. The van der Waals surface area contributed by atoms with E-state index >= 15 is 0 Å². The number of hydrogen-bond acceptors (Lipinski definition) is 2. The second-order valence-electron chi connectivity index (χ2n) is 5.13. The van der Waals surface area contributed by atoms with Crippen LogP contribution in [0.3, 0.4) is 0 Å². The standard InChI is InChI=1S/C15H22N2O/c1-12-5-4-6-13(9-12)10-15(18)17-14-7-2-3-8-16-11-14/h4-6,9,14,16H,2-3,7-8,10-11H2,1H3,(H,17,18). The molecule has 3 heteroatoms. The topological polar surface area (TPSA) is 41.1 Å². The van der Waals surface area contributed by atoms with Crippen LogP contribution in [0.4, 0.5) is 0 Å². The summed E-state index contributed by atoms with van der Waals surface area (Å²) in [7, 11) is 0. The minimum absolute atomic E-state index is 0.134. The van der Waals surface area contributed by atoms with Crippen molar-refractivity contribution in [3.63, 3.8) is 0 Å². The highest BCUT2D eigenvalue weighted by Gasteiger charge is 2.14. The summed E-state index contributed by atoms with van der Waals surface area (Å²) < 4.78 is 0. The van der Waals surface area contributed by atoms with Gasteiger partial charge in [-0.05, 0) is 31.9 Å². The van der Waals surface area contributed by atoms with Gasteiger partial charge < -0.3 is 10.6 Å². The number of benzene rings is 1. The van der Waals surface area contributed by atoms with Crippen molar-refractivity contribution in [1.29, 1.82) is 0 Å². The van der Waals surface area contributed by atoms with Crippen LogP contribution in [0.5, 0.6) is 0 Å². The molecule has 3 nitrogen and oxygen atoms in total. The fraction of sp³-hybridized carbons (Fsp3) is 0.533. The largest absolute Gasteiger partial charge is 0.352 e. The van der Waals surface area contributed by atoms with E-state index in [4.69, 9.17) is 0 Å². The van der Waals surface area contributed by atoms with Gasteiger partial charge in [0.1, 0.15) is 0 Å². The van der Waals surface area contributed by atoms with Crippen molar-refractivity contribution in [3.05, 3.63) is 35.4 Å². The van der Waals surface area contributed by atoms with Gasteiger partial charge in [0.05, 0.1) is 6.42 Å². The third-order valence-corrected chi connectivity index (χ3v) is 3.36. The van der Waals surface area contributed by atoms with Gasteiger partial charge in [-0.1, -0.05) is 36.2 Å². The molecule has 0 spiro atoms. The molecule has 18 heavy (non-hydrogen) atoms. The molecule has 1 fully saturated rings. The highest BCUT2D eigenvalue weighted by Crippen LogP contribution is 2.07. The molecule has 2 rings (SSSR count). The zero-order valence-electron chi connectivity index (χ0n) is 11.0. The zero-order valence-corrected chi connectivity index (χ0v) is 11.0. The number of amides is 1. The minimum atomic E-state index is 0.134. The Labute approximate surface area is 109 Å². The molecule has 1 amide bonds. The average molecular weight is 246 g/mol. The van der Waals surface area contributed by atoms with Crippen LogP contribution in [0, 0.1) is 6.92 Å². The van der Waals surface area contributed by atoms with Gasteiger partial charge >= 0.3 is 0 Å². The minimum Gasteiger partial charge on any atom is -0.352 e. The highest BCUT2D eigenvalue weighted by atomic mass is 16.1. The molecule has 1 atom stereocenters. The number of rotatable bonds is 3. The summed E-state index contributed by atoms with van der Waals surface area (Å²) in [5.41, 5.74) is 2.30. The molecule has 1 aromatic carbocycles. The lowest BCUT2D eigenvalue weighted by atomic mass is 10.1. The second-order valence-corrected chi connectivity index (χ2v) is 5.13. The van der Waals surface area contributed by atoms with Crippen LogP contribution in [0.15, 0.2) is 24.3 Å². The molecular formula is C15H22N2O. The summed E-state index contributed by atoms with van der Waals surface area (Å²) in [6.45, 7) is 4.03. The Bertz CT molecular complexity index is 395. The number of carbonyl (C=O) groups excluding carboxylic acids is 1. The zero-order chi connectivity index (χ0) is 12.8. The summed E-state index contributed by atoms with van der Waals surface area (Å²) in [5, 5.41) is 6.49. The molecule has 1 unspecified atom stereocenters.